The molecule has 7 atom stereocenters. The fraction of sp³-hybridized carbons (Fsp3) is 0.778. The molecule has 0 aliphatic carbocycles. The molecule has 1 aromatic rings. The highest BCUT2D eigenvalue weighted by atomic mass is 32.1. The lowest BCUT2D eigenvalue weighted by Gasteiger charge is -2.35. The fourth-order valence-corrected chi connectivity index (χ4v) is 5.76. The molecular formula is C27H43NO5S. The Hall–Kier alpha value is -1.12. The van der Waals surface area contributed by atoms with E-state index in [4.69, 9.17) is 9.47 Å². The van der Waals surface area contributed by atoms with Crippen molar-refractivity contribution in [2.24, 2.45) is 17.3 Å². The van der Waals surface area contributed by atoms with Crippen molar-refractivity contribution in [2.75, 3.05) is 6.61 Å². The van der Waals surface area contributed by atoms with Crippen molar-refractivity contribution in [3.05, 3.63) is 21.7 Å². The van der Waals surface area contributed by atoms with Gasteiger partial charge in [0.25, 0.3) is 0 Å². The van der Waals surface area contributed by atoms with E-state index in [1.807, 2.05) is 19.2 Å². The van der Waals surface area contributed by atoms with Gasteiger partial charge in [0.15, 0.2) is 0 Å². The van der Waals surface area contributed by atoms with Crippen LogP contribution in [0.3, 0.4) is 0 Å². The zero-order valence-electron chi connectivity index (χ0n) is 21.8. The first-order chi connectivity index (χ1) is 15.8. The van der Waals surface area contributed by atoms with Crippen LogP contribution in [0, 0.1) is 24.2 Å². The number of epoxide rings is 1. The molecule has 1 aromatic heterocycles. The first-order valence-electron chi connectivity index (χ1n) is 12.7. The molecule has 7 heteroatoms. The van der Waals surface area contributed by atoms with Crippen LogP contribution in [-0.4, -0.2) is 57.6 Å². The van der Waals surface area contributed by atoms with Crippen molar-refractivity contribution in [1.29, 1.82) is 0 Å². The number of rotatable bonds is 2. The maximum Gasteiger partial charge on any atom is 0.146 e. The van der Waals surface area contributed by atoms with Gasteiger partial charge in [0.1, 0.15) is 5.78 Å². The summed E-state index contributed by atoms with van der Waals surface area (Å²) >= 11 is 1.62. The molecular weight excluding hydrogens is 450 g/mol. The zero-order chi connectivity index (χ0) is 25.3. The van der Waals surface area contributed by atoms with Crippen LogP contribution < -0.4 is 0 Å². The number of fused-ring (bicyclic) bond motifs is 1. The van der Waals surface area contributed by atoms with Gasteiger partial charge >= 0.3 is 0 Å². The van der Waals surface area contributed by atoms with Crippen LogP contribution in [0.15, 0.2) is 11.0 Å². The number of ether oxygens (including phenoxy) is 2. The average Bonchev–Trinajstić information content (AvgIpc) is 3.22. The maximum atomic E-state index is 13.2. The number of aliphatic hydroxyl groups excluding tert-OH is 2. The molecule has 2 fully saturated rings. The summed E-state index contributed by atoms with van der Waals surface area (Å²) in [5.74, 6) is -0.632. The number of hydrogen-bond donors (Lipinski definition) is 2. The highest BCUT2D eigenvalue weighted by Gasteiger charge is 2.52. The minimum atomic E-state index is -0.961. The summed E-state index contributed by atoms with van der Waals surface area (Å²) in [6.45, 7) is 13.9. The molecule has 0 radical (unpaired) electrons. The maximum absolute atomic E-state index is 13.2. The Balaban J connectivity index is 1.79. The molecule has 34 heavy (non-hydrogen) atoms. The Morgan fingerprint density at radius 2 is 1.94 bits per heavy atom. The monoisotopic (exact) mass is 493 g/mol. The molecule has 192 valence electrons. The zero-order valence-corrected chi connectivity index (χ0v) is 22.7. The van der Waals surface area contributed by atoms with E-state index in [0.29, 0.717) is 13.0 Å². The van der Waals surface area contributed by atoms with Crippen LogP contribution in [0.25, 0.3) is 6.08 Å². The van der Waals surface area contributed by atoms with Crippen molar-refractivity contribution in [3.8, 4) is 0 Å². The van der Waals surface area contributed by atoms with Gasteiger partial charge in [-0.15, -0.1) is 11.3 Å². The summed E-state index contributed by atoms with van der Waals surface area (Å²) in [5, 5.41) is 24.8. The van der Waals surface area contributed by atoms with E-state index in [1.54, 1.807) is 32.1 Å². The van der Waals surface area contributed by atoms with Gasteiger partial charge in [-0.2, -0.15) is 0 Å². The topological polar surface area (TPSA) is 92.2 Å². The largest absolute Gasteiger partial charge is 0.392 e. The first kappa shape index (κ1) is 27.5. The Morgan fingerprint density at radius 1 is 1.24 bits per heavy atom. The standard InChI is InChI=1S/C27H43NO5S/c1-16-9-8-11-27(7)23(33-27)14-21(17(2)13-20-15-34-19(4)28-20)32-12-10-22(29)26(5,6)25(31)18(3)24(16)30/h13,15-16,18,21-24,29-30H,8-12,14H2,1-7H3/t16-,18+,21-,22-,23+,24-,27+/m1/s1. The molecule has 0 aromatic carbocycles. The predicted molar refractivity (Wildman–Crippen MR) is 136 cm³/mol. The first-order valence-corrected chi connectivity index (χ1v) is 13.5. The van der Waals surface area contributed by atoms with Crippen molar-refractivity contribution in [3.63, 3.8) is 0 Å². The number of ketones is 1. The third kappa shape index (κ3) is 6.35. The molecule has 3 heterocycles. The van der Waals surface area contributed by atoms with E-state index in [9.17, 15) is 15.0 Å². The van der Waals surface area contributed by atoms with E-state index in [2.05, 4.69) is 24.9 Å². The Kier molecular flexibility index (Phi) is 8.78. The summed E-state index contributed by atoms with van der Waals surface area (Å²) in [5.41, 5.74) is 0.879. The SMILES string of the molecule is CC(=Cc1csc(C)n1)[C@H]1C[C@@H]2O[C@@]2(C)CCC[C@@H](C)[C@@H](O)[C@H](C)C(=O)C(C)(C)[C@H](O)CCO1. The number of aromatic nitrogens is 1. The van der Waals surface area contributed by atoms with Gasteiger partial charge in [0.2, 0.25) is 0 Å². The number of carbonyl (C=O) groups excluding carboxylic acids is 1. The number of aryl methyl sites for hydroxylation is 1. The van der Waals surface area contributed by atoms with Crippen molar-refractivity contribution >= 4 is 23.2 Å². The second-order valence-corrected chi connectivity index (χ2v) is 12.3. The quantitative estimate of drug-likeness (QED) is 0.566. The molecule has 2 aliphatic heterocycles. The van der Waals surface area contributed by atoms with Crippen molar-refractivity contribution in [1.82, 2.24) is 4.98 Å². The van der Waals surface area contributed by atoms with Crippen molar-refractivity contribution in [2.45, 2.75) is 111 Å². The molecule has 6 nitrogen and oxygen atoms in total. The van der Waals surface area contributed by atoms with E-state index in [1.165, 1.54) is 0 Å². The van der Waals surface area contributed by atoms with Crippen LogP contribution in [0.4, 0.5) is 0 Å². The molecule has 0 amide bonds. The van der Waals surface area contributed by atoms with E-state index < -0.39 is 23.5 Å². The minimum Gasteiger partial charge on any atom is -0.392 e. The van der Waals surface area contributed by atoms with Gasteiger partial charge in [-0.1, -0.05) is 34.1 Å². The van der Waals surface area contributed by atoms with E-state index in [0.717, 1.165) is 42.0 Å². The van der Waals surface area contributed by atoms with Crippen LogP contribution in [-0.2, 0) is 14.3 Å². The molecule has 0 saturated carbocycles. The van der Waals surface area contributed by atoms with Crippen LogP contribution in [0.1, 0.15) is 84.3 Å². The normalized spacial score (nSPS) is 38.4. The van der Waals surface area contributed by atoms with E-state index in [-0.39, 0.29) is 29.5 Å². The number of thiazole rings is 1. The lowest BCUT2D eigenvalue weighted by atomic mass is 9.73. The van der Waals surface area contributed by atoms with Gasteiger partial charge < -0.3 is 19.7 Å². The van der Waals surface area contributed by atoms with Gasteiger partial charge in [0, 0.05) is 29.7 Å². The highest BCUT2D eigenvalue weighted by Crippen LogP contribution is 2.45. The number of nitrogens with zero attached hydrogens (tertiary/aromatic N) is 1. The second kappa shape index (κ2) is 10.9. The van der Waals surface area contributed by atoms with Crippen molar-refractivity contribution < 1.29 is 24.5 Å². The second-order valence-electron chi connectivity index (χ2n) is 11.2. The molecule has 3 rings (SSSR count). The summed E-state index contributed by atoms with van der Waals surface area (Å²) in [7, 11) is 0. The summed E-state index contributed by atoms with van der Waals surface area (Å²) in [6, 6.07) is 0. The Bertz CT molecular complexity index is 880. The van der Waals surface area contributed by atoms with Gasteiger partial charge in [-0.25, -0.2) is 4.98 Å². The summed E-state index contributed by atoms with van der Waals surface area (Å²) in [6.07, 6.45) is 4.23. The van der Waals surface area contributed by atoms with Gasteiger partial charge in [-0.05, 0) is 57.6 Å². The minimum absolute atomic E-state index is 0.00317. The van der Waals surface area contributed by atoms with E-state index >= 15 is 0 Å². The third-order valence-electron chi connectivity index (χ3n) is 8.00. The summed E-state index contributed by atoms with van der Waals surface area (Å²) in [4.78, 5) is 17.8. The Labute approximate surface area is 208 Å². The lowest BCUT2D eigenvalue weighted by Crippen LogP contribution is -2.45. The molecule has 2 N–H and O–H groups in total. The average molecular weight is 494 g/mol. The molecule has 2 aliphatic rings. The summed E-state index contributed by atoms with van der Waals surface area (Å²) < 4.78 is 12.4. The van der Waals surface area contributed by atoms with Gasteiger partial charge in [-0.3, -0.25) is 4.79 Å². The fourth-order valence-electron chi connectivity index (χ4n) is 5.19. The van der Waals surface area contributed by atoms with Gasteiger partial charge in [0.05, 0.1) is 40.7 Å². The molecule has 2 saturated heterocycles. The lowest BCUT2D eigenvalue weighted by molar-refractivity contribution is -0.142. The third-order valence-corrected chi connectivity index (χ3v) is 8.80. The number of aliphatic hydroxyl groups is 2. The highest BCUT2D eigenvalue weighted by molar-refractivity contribution is 7.09. The Morgan fingerprint density at radius 3 is 2.59 bits per heavy atom. The molecule has 0 unspecified atom stereocenters. The number of carbonyl (C=O) groups is 1. The number of Topliss-reactive ketones (excluding diaryl/α,β-unsaturated/α-hetero) is 1. The molecule has 0 bridgehead atoms. The van der Waals surface area contributed by atoms with Crippen LogP contribution >= 0.6 is 11.3 Å². The number of hydrogen-bond acceptors (Lipinski definition) is 7. The van der Waals surface area contributed by atoms with Crippen LogP contribution in [0.5, 0.6) is 0 Å². The van der Waals surface area contributed by atoms with Crippen LogP contribution in [0.2, 0.25) is 0 Å². The smallest absolute Gasteiger partial charge is 0.146 e. The molecule has 0 spiro atoms. The predicted octanol–water partition coefficient (Wildman–Crippen LogP) is 4.95.